The molecule has 0 aliphatic heterocycles. The average molecular weight is 387 g/mol. The number of nitrogens with one attached hydrogen (secondary N) is 1. The number of imidazole rings is 1. The standard InChI is InChI=1S/C19H19BrN2O2/c1-11(2)22-16-8-7-14(10-15(16)21-19(22)24)18(23)17(20)13-6-4-5-12(3)9-13/h4-11,17H,1-3H3,(H,21,24). The molecule has 0 aliphatic carbocycles. The third kappa shape index (κ3) is 2.96. The number of rotatable bonds is 4. The maximum Gasteiger partial charge on any atom is 0.326 e. The number of hydrogen-bond acceptors (Lipinski definition) is 2. The number of halogens is 1. The highest BCUT2D eigenvalue weighted by Gasteiger charge is 2.20. The minimum Gasteiger partial charge on any atom is -0.306 e. The summed E-state index contributed by atoms with van der Waals surface area (Å²) in [7, 11) is 0. The predicted octanol–water partition coefficient (Wildman–Crippen LogP) is 4.54. The van der Waals surface area contributed by atoms with E-state index in [1.807, 2.05) is 51.1 Å². The fourth-order valence-electron chi connectivity index (χ4n) is 2.92. The first kappa shape index (κ1) is 16.7. The summed E-state index contributed by atoms with van der Waals surface area (Å²) in [6.45, 7) is 5.92. The Bertz CT molecular complexity index is 969. The van der Waals surface area contributed by atoms with Gasteiger partial charge in [0.25, 0.3) is 0 Å². The Balaban J connectivity index is 2.00. The number of H-pyrrole nitrogens is 1. The molecule has 1 unspecified atom stereocenters. The van der Waals surface area contributed by atoms with Crippen LogP contribution in [0.5, 0.6) is 0 Å². The molecule has 0 amide bonds. The van der Waals surface area contributed by atoms with Crippen LogP contribution in [0.1, 0.15) is 46.2 Å². The van der Waals surface area contributed by atoms with Gasteiger partial charge >= 0.3 is 5.69 Å². The highest BCUT2D eigenvalue weighted by molar-refractivity contribution is 9.09. The number of alkyl halides is 1. The molecule has 1 atom stereocenters. The summed E-state index contributed by atoms with van der Waals surface area (Å²) < 4.78 is 1.69. The maximum atomic E-state index is 12.8. The highest BCUT2D eigenvalue weighted by atomic mass is 79.9. The third-order valence-electron chi connectivity index (χ3n) is 4.08. The van der Waals surface area contributed by atoms with Gasteiger partial charge in [0.2, 0.25) is 0 Å². The van der Waals surface area contributed by atoms with Gasteiger partial charge in [-0.05, 0) is 44.5 Å². The van der Waals surface area contributed by atoms with Crippen molar-refractivity contribution in [1.29, 1.82) is 0 Å². The van der Waals surface area contributed by atoms with Crippen molar-refractivity contribution in [2.24, 2.45) is 0 Å². The lowest BCUT2D eigenvalue weighted by molar-refractivity contribution is 0.0991. The number of aromatic nitrogens is 2. The molecule has 0 radical (unpaired) electrons. The molecule has 0 fully saturated rings. The molecule has 3 aromatic rings. The zero-order chi connectivity index (χ0) is 17.4. The van der Waals surface area contributed by atoms with E-state index in [1.165, 1.54) is 0 Å². The van der Waals surface area contributed by atoms with Crippen molar-refractivity contribution < 1.29 is 4.79 Å². The van der Waals surface area contributed by atoms with Crippen molar-refractivity contribution in [2.45, 2.75) is 31.6 Å². The van der Waals surface area contributed by atoms with Crippen LogP contribution in [0.25, 0.3) is 11.0 Å². The van der Waals surface area contributed by atoms with Crippen molar-refractivity contribution in [3.63, 3.8) is 0 Å². The van der Waals surface area contributed by atoms with E-state index in [0.29, 0.717) is 11.1 Å². The molecule has 0 spiro atoms. The lowest BCUT2D eigenvalue weighted by atomic mass is 10.0. The Hall–Kier alpha value is -2.14. The number of carbonyl (C=O) groups is 1. The highest BCUT2D eigenvalue weighted by Crippen LogP contribution is 2.28. The molecule has 0 saturated heterocycles. The van der Waals surface area contributed by atoms with Gasteiger partial charge in [-0.3, -0.25) is 9.36 Å². The second-order valence-electron chi connectivity index (χ2n) is 6.27. The van der Waals surface area contributed by atoms with Crippen LogP contribution in [0, 0.1) is 6.92 Å². The van der Waals surface area contributed by atoms with Gasteiger partial charge in [-0.1, -0.05) is 45.8 Å². The van der Waals surface area contributed by atoms with Gasteiger partial charge in [0.05, 0.1) is 11.0 Å². The van der Waals surface area contributed by atoms with Gasteiger partial charge in [0, 0.05) is 11.6 Å². The fourth-order valence-corrected chi connectivity index (χ4v) is 3.47. The smallest absolute Gasteiger partial charge is 0.306 e. The summed E-state index contributed by atoms with van der Waals surface area (Å²) >= 11 is 3.50. The zero-order valence-electron chi connectivity index (χ0n) is 13.8. The minimum absolute atomic E-state index is 0.0272. The van der Waals surface area contributed by atoms with Crippen molar-refractivity contribution >= 4 is 32.7 Å². The fraction of sp³-hybridized carbons (Fsp3) is 0.263. The summed E-state index contributed by atoms with van der Waals surface area (Å²) in [5.41, 5.74) is 3.95. The first-order chi connectivity index (χ1) is 11.4. The Morgan fingerprint density at radius 2 is 1.92 bits per heavy atom. The molecule has 2 aromatic carbocycles. The first-order valence-electron chi connectivity index (χ1n) is 7.87. The van der Waals surface area contributed by atoms with Crippen LogP contribution in [0.2, 0.25) is 0 Å². The summed E-state index contributed by atoms with van der Waals surface area (Å²) in [6, 6.07) is 13.3. The number of Topliss-reactive ketones (excluding diaryl/α,β-unsaturated/α-hetero) is 1. The van der Waals surface area contributed by atoms with Crippen molar-refractivity contribution in [1.82, 2.24) is 9.55 Å². The number of ketones is 1. The molecule has 24 heavy (non-hydrogen) atoms. The van der Waals surface area contributed by atoms with Gasteiger partial charge in [-0.25, -0.2) is 4.79 Å². The molecular formula is C19H19BrN2O2. The topological polar surface area (TPSA) is 54.9 Å². The SMILES string of the molecule is Cc1cccc(C(Br)C(=O)c2ccc3c(c2)[nH]c(=O)n3C(C)C)c1. The summed E-state index contributed by atoms with van der Waals surface area (Å²) in [5, 5.41) is 0. The molecule has 1 N–H and O–H groups in total. The van der Waals surface area contributed by atoms with Crippen LogP contribution >= 0.6 is 15.9 Å². The quantitative estimate of drug-likeness (QED) is 0.528. The molecule has 0 bridgehead atoms. The molecule has 4 nitrogen and oxygen atoms in total. The second-order valence-corrected chi connectivity index (χ2v) is 7.18. The van der Waals surface area contributed by atoms with E-state index in [2.05, 4.69) is 20.9 Å². The predicted molar refractivity (Wildman–Crippen MR) is 100 cm³/mol. The zero-order valence-corrected chi connectivity index (χ0v) is 15.4. The summed E-state index contributed by atoms with van der Waals surface area (Å²) in [5.74, 6) is -0.0272. The van der Waals surface area contributed by atoms with E-state index in [4.69, 9.17) is 0 Å². The minimum atomic E-state index is -0.409. The van der Waals surface area contributed by atoms with Gasteiger partial charge in [-0.2, -0.15) is 0 Å². The van der Waals surface area contributed by atoms with Crippen LogP contribution in [-0.2, 0) is 0 Å². The van der Waals surface area contributed by atoms with Crippen molar-refractivity contribution in [2.75, 3.05) is 0 Å². The molecule has 0 aliphatic rings. The Morgan fingerprint density at radius 3 is 2.58 bits per heavy atom. The number of aromatic amines is 1. The number of hydrogen-bond donors (Lipinski definition) is 1. The second kappa shape index (κ2) is 6.40. The number of benzene rings is 2. The normalized spacial score (nSPS) is 12.7. The summed E-state index contributed by atoms with van der Waals surface area (Å²) in [6.07, 6.45) is 0. The van der Waals surface area contributed by atoms with Crippen molar-refractivity contribution in [3.05, 3.63) is 69.6 Å². The monoisotopic (exact) mass is 386 g/mol. The van der Waals surface area contributed by atoms with E-state index >= 15 is 0 Å². The Labute approximate surface area is 148 Å². The molecule has 1 heterocycles. The van der Waals surface area contributed by atoms with Crippen LogP contribution in [-0.4, -0.2) is 15.3 Å². The van der Waals surface area contributed by atoms with Gasteiger partial charge in [0.15, 0.2) is 5.78 Å². The van der Waals surface area contributed by atoms with E-state index in [-0.39, 0.29) is 17.5 Å². The van der Waals surface area contributed by atoms with Gasteiger partial charge in [0.1, 0.15) is 4.83 Å². The van der Waals surface area contributed by atoms with E-state index in [0.717, 1.165) is 16.6 Å². The van der Waals surface area contributed by atoms with Crippen molar-refractivity contribution in [3.8, 4) is 0 Å². The number of nitrogens with zero attached hydrogens (tertiary/aromatic N) is 1. The lowest BCUT2D eigenvalue weighted by Crippen LogP contribution is -2.18. The molecule has 5 heteroatoms. The third-order valence-corrected chi connectivity index (χ3v) is 5.03. The molecule has 124 valence electrons. The van der Waals surface area contributed by atoms with Crippen LogP contribution in [0.15, 0.2) is 47.3 Å². The average Bonchev–Trinajstić information content (AvgIpc) is 2.88. The number of aryl methyl sites for hydroxylation is 1. The Kier molecular flexibility index (Phi) is 4.45. The van der Waals surface area contributed by atoms with E-state index < -0.39 is 4.83 Å². The number of carbonyl (C=O) groups excluding carboxylic acids is 1. The van der Waals surface area contributed by atoms with E-state index in [1.54, 1.807) is 16.7 Å². The maximum absolute atomic E-state index is 12.8. The van der Waals surface area contributed by atoms with Crippen LogP contribution in [0.4, 0.5) is 0 Å². The molecular weight excluding hydrogens is 368 g/mol. The molecule has 3 rings (SSSR count). The lowest BCUT2D eigenvalue weighted by Gasteiger charge is -2.11. The number of fused-ring (bicyclic) bond motifs is 1. The first-order valence-corrected chi connectivity index (χ1v) is 8.79. The largest absolute Gasteiger partial charge is 0.326 e. The summed E-state index contributed by atoms with van der Waals surface area (Å²) in [4.78, 5) is 27.3. The van der Waals surface area contributed by atoms with Gasteiger partial charge in [-0.15, -0.1) is 0 Å². The van der Waals surface area contributed by atoms with Crippen LogP contribution in [0.3, 0.4) is 0 Å². The molecule has 0 saturated carbocycles. The Morgan fingerprint density at radius 1 is 1.17 bits per heavy atom. The van der Waals surface area contributed by atoms with E-state index in [9.17, 15) is 9.59 Å². The van der Waals surface area contributed by atoms with Gasteiger partial charge < -0.3 is 4.98 Å². The van der Waals surface area contributed by atoms with Crippen LogP contribution < -0.4 is 5.69 Å². The molecule has 1 aromatic heterocycles.